The van der Waals surface area contributed by atoms with E-state index in [1.807, 2.05) is 12.3 Å². The fourth-order valence-corrected chi connectivity index (χ4v) is 2.45. The number of hydrogen-bond acceptors (Lipinski definition) is 4. The quantitative estimate of drug-likeness (QED) is 0.700. The minimum absolute atomic E-state index is 0.137. The highest BCUT2D eigenvalue weighted by Crippen LogP contribution is 2.31. The summed E-state index contributed by atoms with van der Waals surface area (Å²) >= 11 is 1.36. The molecule has 0 bridgehead atoms. The molecule has 0 radical (unpaired) electrons. The summed E-state index contributed by atoms with van der Waals surface area (Å²) in [5.41, 5.74) is 1.20. The zero-order valence-electron chi connectivity index (χ0n) is 9.06. The highest BCUT2D eigenvalue weighted by molar-refractivity contribution is 8.13. The van der Waals surface area contributed by atoms with Gasteiger partial charge in [-0.1, -0.05) is 12.1 Å². The predicted octanol–water partition coefficient (Wildman–Crippen LogP) is 2.48. The number of Topliss-reactive ketones (excluding diaryl/α,β-unsaturated/α-hetero) is 2. The van der Waals surface area contributed by atoms with Crippen LogP contribution in [0.5, 0.6) is 0 Å². The highest BCUT2D eigenvalue weighted by Gasteiger charge is 2.34. The Bertz CT molecular complexity index is 494. The minimum Gasteiger partial charge on any atom is -0.299 e. The number of fused-ring (bicyclic) bond motifs is 1. The second-order valence-electron chi connectivity index (χ2n) is 3.58. The average Bonchev–Trinajstić information content (AvgIpc) is 2.28. The van der Waals surface area contributed by atoms with Gasteiger partial charge >= 0.3 is 0 Å². The molecule has 16 heavy (non-hydrogen) atoms. The molecule has 0 fully saturated rings. The van der Waals surface area contributed by atoms with Gasteiger partial charge in [-0.2, -0.15) is 0 Å². The topological polar surface area (TPSA) is 46.5 Å². The Kier molecular flexibility index (Phi) is 2.92. The Balaban J connectivity index is 2.58. The number of carbonyl (C=O) groups excluding carboxylic acids is 2. The van der Waals surface area contributed by atoms with Crippen molar-refractivity contribution in [3.8, 4) is 0 Å². The van der Waals surface area contributed by atoms with Crippen molar-refractivity contribution in [3.63, 3.8) is 0 Å². The molecule has 1 unspecified atom stereocenters. The number of carbonyl (C=O) groups is 2. The van der Waals surface area contributed by atoms with Gasteiger partial charge in [0, 0.05) is 5.56 Å². The summed E-state index contributed by atoms with van der Waals surface area (Å²) in [5, 5.41) is 0.594. The number of rotatable bonds is 1. The normalized spacial score (nSPS) is 19.0. The van der Waals surface area contributed by atoms with Crippen LogP contribution < -0.4 is 0 Å². The zero-order chi connectivity index (χ0) is 11.7. The van der Waals surface area contributed by atoms with Crippen molar-refractivity contribution < 1.29 is 9.59 Å². The van der Waals surface area contributed by atoms with Crippen LogP contribution in [0.25, 0.3) is 0 Å². The molecular weight excluding hydrogens is 222 g/mol. The molecule has 0 amide bonds. The molecule has 0 aromatic heterocycles. The molecule has 3 nitrogen and oxygen atoms in total. The Labute approximate surface area is 98.0 Å². The number of para-hydroxylation sites is 1. The predicted molar refractivity (Wildman–Crippen MR) is 65.6 cm³/mol. The fourth-order valence-electron chi connectivity index (χ4n) is 1.75. The first-order chi connectivity index (χ1) is 7.65. The number of benzene rings is 1. The van der Waals surface area contributed by atoms with Crippen molar-refractivity contribution in [2.45, 2.75) is 6.92 Å². The van der Waals surface area contributed by atoms with E-state index in [1.54, 1.807) is 18.2 Å². The Morgan fingerprint density at radius 2 is 2.06 bits per heavy atom. The minimum atomic E-state index is -0.704. The van der Waals surface area contributed by atoms with Gasteiger partial charge in [-0.3, -0.25) is 9.59 Å². The molecule has 0 N–H and O–H groups in total. The Hall–Kier alpha value is -1.42. The molecule has 1 atom stereocenters. The van der Waals surface area contributed by atoms with Crippen LogP contribution >= 0.6 is 11.8 Å². The summed E-state index contributed by atoms with van der Waals surface area (Å²) in [5.74, 6) is -0.986. The SMILES string of the molecule is CSC1=Nc2ccccc2C(=O)C1C(C)=O. The van der Waals surface area contributed by atoms with E-state index in [1.165, 1.54) is 18.7 Å². The summed E-state index contributed by atoms with van der Waals surface area (Å²) in [6, 6.07) is 7.13. The number of aliphatic imine (C=N–C) groups is 1. The number of ketones is 2. The van der Waals surface area contributed by atoms with Crippen molar-refractivity contribution in [2.24, 2.45) is 10.9 Å². The molecule has 4 heteroatoms. The largest absolute Gasteiger partial charge is 0.299 e. The summed E-state index contributed by atoms with van der Waals surface area (Å²) < 4.78 is 0. The van der Waals surface area contributed by atoms with Gasteiger partial charge in [-0.15, -0.1) is 11.8 Å². The maximum atomic E-state index is 12.1. The molecule has 1 aliphatic rings. The fraction of sp³-hybridized carbons (Fsp3) is 0.250. The first-order valence-electron chi connectivity index (χ1n) is 4.91. The van der Waals surface area contributed by atoms with Gasteiger partial charge in [0.05, 0.1) is 10.7 Å². The van der Waals surface area contributed by atoms with Crippen molar-refractivity contribution in [2.75, 3.05) is 6.26 Å². The van der Waals surface area contributed by atoms with Gasteiger partial charge in [-0.25, -0.2) is 4.99 Å². The van der Waals surface area contributed by atoms with E-state index >= 15 is 0 Å². The summed E-state index contributed by atoms with van der Waals surface area (Å²) in [7, 11) is 0. The molecule has 2 rings (SSSR count). The van der Waals surface area contributed by atoms with Crippen molar-refractivity contribution in [1.82, 2.24) is 0 Å². The first-order valence-corrected chi connectivity index (χ1v) is 6.14. The van der Waals surface area contributed by atoms with Crippen LogP contribution in [0.4, 0.5) is 5.69 Å². The third-order valence-corrected chi connectivity index (χ3v) is 3.27. The van der Waals surface area contributed by atoms with E-state index < -0.39 is 5.92 Å². The van der Waals surface area contributed by atoms with Gasteiger partial charge in [0.2, 0.25) is 0 Å². The Morgan fingerprint density at radius 1 is 1.38 bits per heavy atom. The maximum absolute atomic E-state index is 12.1. The standard InChI is InChI=1S/C12H11NO2S/c1-7(14)10-11(15)8-5-3-4-6-9(8)13-12(10)16-2/h3-6,10H,1-2H3. The molecule has 1 aromatic carbocycles. The van der Waals surface area contributed by atoms with Gasteiger partial charge < -0.3 is 0 Å². The van der Waals surface area contributed by atoms with Gasteiger partial charge in [0.1, 0.15) is 11.7 Å². The number of nitrogens with zero attached hydrogens (tertiary/aromatic N) is 1. The third-order valence-electron chi connectivity index (χ3n) is 2.52. The zero-order valence-corrected chi connectivity index (χ0v) is 9.88. The number of thioether (sulfide) groups is 1. The second-order valence-corrected chi connectivity index (χ2v) is 4.41. The van der Waals surface area contributed by atoms with E-state index in [0.717, 1.165) is 0 Å². The summed E-state index contributed by atoms with van der Waals surface area (Å²) in [6.45, 7) is 1.43. The lowest BCUT2D eigenvalue weighted by Crippen LogP contribution is -2.31. The van der Waals surface area contributed by atoms with Gasteiger partial charge in [0.25, 0.3) is 0 Å². The van der Waals surface area contributed by atoms with Gasteiger partial charge in [0.15, 0.2) is 5.78 Å². The highest BCUT2D eigenvalue weighted by atomic mass is 32.2. The molecule has 0 saturated heterocycles. The van der Waals surface area contributed by atoms with Crippen LogP contribution in [-0.4, -0.2) is 22.9 Å². The van der Waals surface area contributed by atoms with E-state index in [9.17, 15) is 9.59 Å². The first kappa shape index (κ1) is 11.1. The Morgan fingerprint density at radius 3 is 2.69 bits per heavy atom. The molecule has 0 spiro atoms. The van der Waals surface area contributed by atoms with Crippen LogP contribution in [0.15, 0.2) is 29.3 Å². The van der Waals surface area contributed by atoms with Crippen LogP contribution in [0.1, 0.15) is 17.3 Å². The maximum Gasteiger partial charge on any atom is 0.182 e. The van der Waals surface area contributed by atoms with Gasteiger partial charge in [-0.05, 0) is 25.3 Å². The lowest BCUT2D eigenvalue weighted by atomic mass is 9.92. The smallest absolute Gasteiger partial charge is 0.182 e. The molecule has 0 aliphatic carbocycles. The lowest BCUT2D eigenvalue weighted by Gasteiger charge is -2.20. The van der Waals surface area contributed by atoms with Crippen molar-refractivity contribution in [3.05, 3.63) is 29.8 Å². The third kappa shape index (κ3) is 1.69. The van der Waals surface area contributed by atoms with E-state index in [4.69, 9.17) is 0 Å². The second kappa shape index (κ2) is 4.22. The molecule has 82 valence electrons. The van der Waals surface area contributed by atoms with Crippen LogP contribution in [-0.2, 0) is 4.79 Å². The average molecular weight is 233 g/mol. The monoisotopic (exact) mass is 233 g/mol. The van der Waals surface area contributed by atoms with E-state index in [2.05, 4.69) is 4.99 Å². The molecule has 1 heterocycles. The van der Waals surface area contributed by atoms with Crippen LogP contribution in [0.2, 0.25) is 0 Å². The van der Waals surface area contributed by atoms with E-state index in [-0.39, 0.29) is 11.6 Å². The van der Waals surface area contributed by atoms with Crippen molar-refractivity contribution >= 4 is 34.1 Å². The summed E-state index contributed by atoms with van der Waals surface area (Å²) in [4.78, 5) is 27.9. The molecule has 1 aliphatic heterocycles. The van der Waals surface area contributed by atoms with Crippen molar-refractivity contribution in [1.29, 1.82) is 0 Å². The molecule has 1 aromatic rings. The molecule has 0 saturated carbocycles. The lowest BCUT2D eigenvalue weighted by molar-refractivity contribution is -0.117. The molecular formula is C12H11NO2S. The van der Waals surface area contributed by atoms with E-state index in [0.29, 0.717) is 16.3 Å². The number of hydrogen-bond donors (Lipinski definition) is 0. The summed E-state index contributed by atoms with van der Waals surface area (Å²) in [6.07, 6.45) is 1.83. The van der Waals surface area contributed by atoms with Crippen LogP contribution in [0.3, 0.4) is 0 Å². The van der Waals surface area contributed by atoms with Crippen LogP contribution in [0, 0.1) is 5.92 Å².